The Labute approximate surface area is 89.4 Å². The van der Waals surface area contributed by atoms with Crippen LogP contribution in [0, 0.1) is 11.3 Å². The maximum Gasteiger partial charge on any atom is 0.0503 e. The summed E-state index contributed by atoms with van der Waals surface area (Å²) in [7, 11) is 0. The molecule has 0 bridgehead atoms. The summed E-state index contributed by atoms with van der Waals surface area (Å²) in [5, 5.41) is 3.33. The molecule has 0 aromatic rings. The summed E-state index contributed by atoms with van der Waals surface area (Å²) in [6.07, 6.45) is 1.14. The highest BCUT2D eigenvalue weighted by atomic mass is 16.5. The van der Waals surface area contributed by atoms with Crippen LogP contribution in [0.15, 0.2) is 0 Å². The lowest BCUT2D eigenvalue weighted by Gasteiger charge is -2.19. The van der Waals surface area contributed by atoms with Crippen LogP contribution in [0.3, 0.4) is 0 Å². The zero-order valence-corrected chi connectivity index (χ0v) is 10.5. The topological polar surface area (TPSA) is 21.3 Å². The molecule has 0 aromatic heterocycles. The SMILES string of the molecule is CCNCC(C)COCCC(C)(C)C. The van der Waals surface area contributed by atoms with E-state index in [1.807, 2.05) is 0 Å². The Morgan fingerprint density at radius 2 is 1.93 bits per heavy atom. The molecule has 2 heteroatoms. The molecular weight excluding hydrogens is 174 g/mol. The molecule has 1 N–H and O–H groups in total. The Balaban J connectivity index is 3.27. The zero-order valence-electron chi connectivity index (χ0n) is 10.5. The second kappa shape index (κ2) is 7.24. The lowest BCUT2D eigenvalue weighted by atomic mass is 9.93. The van der Waals surface area contributed by atoms with Gasteiger partial charge in [0.25, 0.3) is 0 Å². The van der Waals surface area contributed by atoms with Gasteiger partial charge in [0.05, 0.1) is 6.61 Å². The first-order chi connectivity index (χ1) is 6.45. The van der Waals surface area contributed by atoms with Gasteiger partial charge < -0.3 is 10.1 Å². The van der Waals surface area contributed by atoms with Crippen LogP contribution in [0.5, 0.6) is 0 Å². The van der Waals surface area contributed by atoms with Crippen LogP contribution in [0.25, 0.3) is 0 Å². The molecule has 0 aromatic carbocycles. The Hall–Kier alpha value is -0.0800. The fourth-order valence-electron chi connectivity index (χ4n) is 1.11. The molecule has 1 atom stereocenters. The standard InChI is InChI=1S/C12H27NO/c1-6-13-9-11(2)10-14-8-7-12(3,4)5/h11,13H,6-10H2,1-5H3. The lowest BCUT2D eigenvalue weighted by Crippen LogP contribution is -2.24. The van der Waals surface area contributed by atoms with Crippen molar-refractivity contribution < 1.29 is 4.74 Å². The van der Waals surface area contributed by atoms with Gasteiger partial charge in [0.1, 0.15) is 0 Å². The predicted molar refractivity (Wildman–Crippen MR) is 62.6 cm³/mol. The number of ether oxygens (including phenoxy) is 1. The third kappa shape index (κ3) is 10.0. The smallest absolute Gasteiger partial charge is 0.0503 e. The minimum atomic E-state index is 0.394. The van der Waals surface area contributed by atoms with Crippen molar-refractivity contribution in [3.8, 4) is 0 Å². The minimum absolute atomic E-state index is 0.394. The van der Waals surface area contributed by atoms with Crippen LogP contribution in [-0.4, -0.2) is 26.3 Å². The van der Waals surface area contributed by atoms with Crippen LogP contribution >= 0.6 is 0 Å². The summed E-state index contributed by atoms with van der Waals surface area (Å²) >= 11 is 0. The van der Waals surface area contributed by atoms with Gasteiger partial charge >= 0.3 is 0 Å². The van der Waals surface area contributed by atoms with Crippen molar-refractivity contribution in [3.05, 3.63) is 0 Å². The van der Waals surface area contributed by atoms with Crippen molar-refractivity contribution in [2.45, 2.75) is 41.0 Å². The maximum atomic E-state index is 5.63. The first-order valence-corrected chi connectivity index (χ1v) is 5.74. The van der Waals surface area contributed by atoms with Gasteiger partial charge in [0.15, 0.2) is 0 Å². The molecular formula is C12H27NO. The van der Waals surface area contributed by atoms with E-state index in [4.69, 9.17) is 4.74 Å². The van der Waals surface area contributed by atoms with E-state index in [1.165, 1.54) is 0 Å². The molecule has 0 amide bonds. The van der Waals surface area contributed by atoms with E-state index in [2.05, 4.69) is 39.9 Å². The van der Waals surface area contributed by atoms with Gasteiger partial charge in [0.2, 0.25) is 0 Å². The van der Waals surface area contributed by atoms with E-state index in [0.29, 0.717) is 11.3 Å². The van der Waals surface area contributed by atoms with Crippen LogP contribution in [0.4, 0.5) is 0 Å². The number of rotatable bonds is 7. The predicted octanol–water partition coefficient (Wildman–Crippen LogP) is 2.68. The van der Waals surface area contributed by atoms with Crippen molar-refractivity contribution in [2.75, 3.05) is 26.3 Å². The van der Waals surface area contributed by atoms with Crippen LogP contribution in [-0.2, 0) is 4.74 Å². The monoisotopic (exact) mass is 201 g/mol. The minimum Gasteiger partial charge on any atom is -0.381 e. The molecule has 0 aliphatic heterocycles. The molecule has 0 heterocycles. The number of nitrogens with one attached hydrogen (secondary N) is 1. The van der Waals surface area contributed by atoms with Gasteiger partial charge in [-0.2, -0.15) is 0 Å². The maximum absolute atomic E-state index is 5.63. The Morgan fingerprint density at radius 3 is 2.43 bits per heavy atom. The number of hydrogen-bond acceptors (Lipinski definition) is 2. The largest absolute Gasteiger partial charge is 0.381 e. The normalized spacial score (nSPS) is 14.4. The Bertz CT molecular complexity index is 129. The zero-order chi connectivity index (χ0) is 11.0. The molecule has 0 saturated heterocycles. The van der Waals surface area contributed by atoms with E-state index in [0.717, 1.165) is 32.7 Å². The third-order valence-corrected chi connectivity index (χ3v) is 2.14. The van der Waals surface area contributed by atoms with Gasteiger partial charge in [-0.3, -0.25) is 0 Å². The molecule has 0 rings (SSSR count). The molecule has 0 fully saturated rings. The molecule has 0 aliphatic rings. The lowest BCUT2D eigenvalue weighted by molar-refractivity contribution is 0.0840. The van der Waals surface area contributed by atoms with Crippen LogP contribution in [0.1, 0.15) is 41.0 Å². The Morgan fingerprint density at radius 1 is 1.29 bits per heavy atom. The van der Waals surface area contributed by atoms with E-state index >= 15 is 0 Å². The van der Waals surface area contributed by atoms with E-state index in [1.54, 1.807) is 0 Å². The highest BCUT2D eigenvalue weighted by molar-refractivity contribution is 4.60. The van der Waals surface area contributed by atoms with Gasteiger partial charge in [0, 0.05) is 6.61 Å². The number of hydrogen-bond donors (Lipinski definition) is 1. The van der Waals surface area contributed by atoms with E-state index < -0.39 is 0 Å². The average molecular weight is 201 g/mol. The summed E-state index contributed by atoms with van der Waals surface area (Å²) in [6.45, 7) is 15.0. The van der Waals surface area contributed by atoms with Crippen molar-refractivity contribution >= 4 is 0 Å². The van der Waals surface area contributed by atoms with E-state index in [-0.39, 0.29) is 0 Å². The summed E-state index contributed by atoms with van der Waals surface area (Å²) in [4.78, 5) is 0. The average Bonchev–Trinajstić information content (AvgIpc) is 2.07. The van der Waals surface area contributed by atoms with Gasteiger partial charge in [-0.05, 0) is 30.8 Å². The molecule has 14 heavy (non-hydrogen) atoms. The summed E-state index contributed by atoms with van der Waals surface area (Å²) < 4.78 is 5.63. The molecule has 0 saturated carbocycles. The fourth-order valence-corrected chi connectivity index (χ4v) is 1.11. The third-order valence-electron chi connectivity index (χ3n) is 2.14. The Kier molecular flexibility index (Phi) is 7.20. The van der Waals surface area contributed by atoms with Gasteiger partial charge in [-0.25, -0.2) is 0 Å². The summed E-state index contributed by atoms with van der Waals surface area (Å²) in [5.41, 5.74) is 0.394. The molecule has 0 spiro atoms. The van der Waals surface area contributed by atoms with Crippen molar-refractivity contribution in [3.63, 3.8) is 0 Å². The molecule has 1 unspecified atom stereocenters. The second-order valence-corrected chi connectivity index (χ2v) is 5.30. The summed E-state index contributed by atoms with van der Waals surface area (Å²) in [6, 6.07) is 0. The van der Waals surface area contributed by atoms with Crippen molar-refractivity contribution in [1.29, 1.82) is 0 Å². The van der Waals surface area contributed by atoms with Crippen LogP contribution < -0.4 is 5.32 Å². The molecule has 86 valence electrons. The first-order valence-electron chi connectivity index (χ1n) is 5.74. The highest BCUT2D eigenvalue weighted by Crippen LogP contribution is 2.17. The highest BCUT2D eigenvalue weighted by Gasteiger charge is 2.09. The second-order valence-electron chi connectivity index (χ2n) is 5.30. The molecule has 0 aliphatic carbocycles. The first kappa shape index (κ1) is 13.9. The van der Waals surface area contributed by atoms with Crippen molar-refractivity contribution in [1.82, 2.24) is 5.32 Å². The van der Waals surface area contributed by atoms with Crippen molar-refractivity contribution in [2.24, 2.45) is 11.3 Å². The molecule has 2 nitrogen and oxygen atoms in total. The van der Waals surface area contributed by atoms with Gasteiger partial charge in [-0.1, -0.05) is 34.6 Å². The van der Waals surface area contributed by atoms with Gasteiger partial charge in [-0.15, -0.1) is 0 Å². The quantitative estimate of drug-likeness (QED) is 0.639. The summed E-state index contributed by atoms with van der Waals surface area (Å²) in [5.74, 6) is 0.620. The van der Waals surface area contributed by atoms with Crippen LogP contribution in [0.2, 0.25) is 0 Å². The van der Waals surface area contributed by atoms with E-state index in [9.17, 15) is 0 Å². The fraction of sp³-hybridized carbons (Fsp3) is 1.00. The molecule has 0 radical (unpaired) electrons.